The summed E-state index contributed by atoms with van der Waals surface area (Å²) in [6.45, 7) is 0.0457. The molecule has 0 saturated heterocycles. The summed E-state index contributed by atoms with van der Waals surface area (Å²) in [7, 11) is 6.13. The van der Waals surface area contributed by atoms with E-state index in [1.54, 1.807) is 4.68 Å². The molecule has 1 heterocycles. The second kappa shape index (κ2) is 8.36. The lowest BCUT2D eigenvalue weighted by molar-refractivity contribution is -0.124. The lowest BCUT2D eigenvalue weighted by Gasteiger charge is -2.32. The third kappa shape index (κ3) is 4.85. The molecular weight excluding hydrogens is 328 g/mol. The van der Waals surface area contributed by atoms with Crippen molar-refractivity contribution in [3.63, 3.8) is 0 Å². The maximum Gasteiger partial charge on any atom is 0.258 e. The maximum absolute atomic E-state index is 12.2. The SMILES string of the molecule is CN(C)C1CCC(NC(=O)COc2cccc(-c3cnn(C)c3)c2)CC1. The first-order valence-corrected chi connectivity index (χ1v) is 9.19. The van der Waals surface area contributed by atoms with Gasteiger partial charge in [0, 0.05) is 30.9 Å². The minimum Gasteiger partial charge on any atom is -0.484 e. The summed E-state index contributed by atoms with van der Waals surface area (Å²) in [6, 6.07) is 8.64. The van der Waals surface area contributed by atoms with Crippen LogP contribution in [-0.2, 0) is 11.8 Å². The summed E-state index contributed by atoms with van der Waals surface area (Å²) in [5.41, 5.74) is 2.05. The van der Waals surface area contributed by atoms with E-state index >= 15 is 0 Å². The minimum atomic E-state index is -0.0508. The summed E-state index contributed by atoms with van der Waals surface area (Å²) >= 11 is 0. The summed E-state index contributed by atoms with van der Waals surface area (Å²) in [5, 5.41) is 7.29. The van der Waals surface area contributed by atoms with Gasteiger partial charge in [-0.1, -0.05) is 12.1 Å². The average molecular weight is 356 g/mol. The molecule has 1 aliphatic rings. The van der Waals surface area contributed by atoms with Gasteiger partial charge in [0.25, 0.3) is 5.91 Å². The fraction of sp³-hybridized carbons (Fsp3) is 0.500. The Hall–Kier alpha value is -2.34. The van der Waals surface area contributed by atoms with Crippen LogP contribution in [0, 0.1) is 0 Å². The molecule has 0 atom stereocenters. The van der Waals surface area contributed by atoms with Gasteiger partial charge in [-0.25, -0.2) is 0 Å². The van der Waals surface area contributed by atoms with Gasteiger partial charge in [-0.2, -0.15) is 5.10 Å². The van der Waals surface area contributed by atoms with Crippen molar-refractivity contribution in [3.8, 4) is 16.9 Å². The smallest absolute Gasteiger partial charge is 0.258 e. The lowest BCUT2D eigenvalue weighted by Crippen LogP contribution is -2.43. The normalized spacial score (nSPS) is 20.2. The molecule has 3 rings (SSSR count). The monoisotopic (exact) mass is 356 g/mol. The summed E-state index contributed by atoms with van der Waals surface area (Å²) < 4.78 is 7.46. The van der Waals surface area contributed by atoms with E-state index < -0.39 is 0 Å². The Morgan fingerprint density at radius 2 is 2.04 bits per heavy atom. The molecule has 26 heavy (non-hydrogen) atoms. The molecule has 1 aromatic carbocycles. The van der Waals surface area contributed by atoms with Crippen LogP contribution in [0.2, 0.25) is 0 Å². The van der Waals surface area contributed by atoms with E-state index in [2.05, 4.69) is 29.4 Å². The van der Waals surface area contributed by atoms with Crippen molar-refractivity contribution in [2.45, 2.75) is 37.8 Å². The van der Waals surface area contributed by atoms with Gasteiger partial charge in [0.2, 0.25) is 0 Å². The molecule has 1 aliphatic carbocycles. The zero-order valence-electron chi connectivity index (χ0n) is 15.8. The first-order chi connectivity index (χ1) is 12.5. The van der Waals surface area contributed by atoms with E-state index in [4.69, 9.17) is 4.74 Å². The number of nitrogens with zero attached hydrogens (tertiary/aromatic N) is 3. The number of carbonyl (C=O) groups is 1. The van der Waals surface area contributed by atoms with Gasteiger partial charge < -0.3 is 15.0 Å². The van der Waals surface area contributed by atoms with Crippen molar-refractivity contribution in [1.29, 1.82) is 0 Å². The first kappa shape index (κ1) is 18.5. The van der Waals surface area contributed by atoms with Crippen LogP contribution in [0.4, 0.5) is 0 Å². The Morgan fingerprint density at radius 3 is 2.69 bits per heavy atom. The molecule has 1 aromatic heterocycles. The first-order valence-electron chi connectivity index (χ1n) is 9.19. The second-order valence-electron chi connectivity index (χ2n) is 7.26. The van der Waals surface area contributed by atoms with E-state index in [1.807, 2.05) is 43.7 Å². The lowest BCUT2D eigenvalue weighted by atomic mass is 9.90. The third-order valence-electron chi connectivity index (χ3n) is 5.03. The summed E-state index contributed by atoms with van der Waals surface area (Å²) in [6.07, 6.45) is 8.10. The highest BCUT2D eigenvalue weighted by Crippen LogP contribution is 2.24. The Labute approximate surface area is 155 Å². The Bertz CT molecular complexity index is 733. The van der Waals surface area contributed by atoms with E-state index in [1.165, 1.54) is 0 Å². The molecule has 6 nitrogen and oxygen atoms in total. The molecule has 1 amide bonds. The molecule has 140 valence electrons. The van der Waals surface area contributed by atoms with Crippen LogP contribution in [0.25, 0.3) is 11.1 Å². The van der Waals surface area contributed by atoms with Crippen molar-refractivity contribution in [3.05, 3.63) is 36.7 Å². The van der Waals surface area contributed by atoms with Crippen LogP contribution >= 0.6 is 0 Å². The predicted molar refractivity (Wildman–Crippen MR) is 102 cm³/mol. The number of carbonyl (C=O) groups excluding carboxylic acids is 1. The van der Waals surface area contributed by atoms with Crippen molar-refractivity contribution < 1.29 is 9.53 Å². The Balaban J connectivity index is 1.48. The van der Waals surface area contributed by atoms with Crippen molar-refractivity contribution in [2.24, 2.45) is 7.05 Å². The average Bonchev–Trinajstić information content (AvgIpc) is 3.07. The van der Waals surface area contributed by atoms with Crippen LogP contribution in [0.5, 0.6) is 5.75 Å². The molecule has 2 aromatic rings. The van der Waals surface area contributed by atoms with Crippen molar-refractivity contribution in [1.82, 2.24) is 20.0 Å². The van der Waals surface area contributed by atoms with Crippen molar-refractivity contribution >= 4 is 5.91 Å². The molecule has 6 heteroatoms. The largest absolute Gasteiger partial charge is 0.484 e. The number of aromatic nitrogens is 2. The fourth-order valence-corrected chi connectivity index (χ4v) is 3.49. The van der Waals surface area contributed by atoms with Crippen molar-refractivity contribution in [2.75, 3.05) is 20.7 Å². The number of nitrogens with one attached hydrogen (secondary N) is 1. The van der Waals surface area contributed by atoms with Crippen LogP contribution in [0.1, 0.15) is 25.7 Å². The number of aryl methyl sites for hydroxylation is 1. The number of ether oxygens (including phenoxy) is 1. The van der Waals surface area contributed by atoms with Gasteiger partial charge in [0.15, 0.2) is 6.61 Å². The van der Waals surface area contributed by atoms with Gasteiger partial charge in [0.1, 0.15) is 5.75 Å². The van der Waals surface area contributed by atoms with E-state index in [-0.39, 0.29) is 18.6 Å². The van der Waals surface area contributed by atoms with Gasteiger partial charge in [-0.15, -0.1) is 0 Å². The quantitative estimate of drug-likeness (QED) is 0.864. The highest BCUT2D eigenvalue weighted by atomic mass is 16.5. The Kier molecular flexibility index (Phi) is 5.93. The second-order valence-corrected chi connectivity index (χ2v) is 7.26. The third-order valence-corrected chi connectivity index (χ3v) is 5.03. The molecule has 1 N–H and O–H groups in total. The molecule has 0 spiro atoms. The topological polar surface area (TPSA) is 59.4 Å². The van der Waals surface area contributed by atoms with Crippen LogP contribution in [-0.4, -0.2) is 53.4 Å². The number of benzene rings is 1. The van der Waals surface area contributed by atoms with E-state index in [0.29, 0.717) is 11.8 Å². The van der Waals surface area contributed by atoms with E-state index in [9.17, 15) is 4.79 Å². The van der Waals surface area contributed by atoms with Crippen LogP contribution < -0.4 is 10.1 Å². The molecule has 0 bridgehead atoms. The standard InChI is InChI=1S/C20H28N4O2/c1-23(2)18-9-7-17(8-10-18)22-20(25)14-26-19-6-4-5-15(11-19)16-12-21-24(3)13-16/h4-6,11-13,17-18H,7-10,14H2,1-3H3,(H,22,25). The number of amides is 1. The number of hydrogen-bond donors (Lipinski definition) is 1. The molecular formula is C20H28N4O2. The fourth-order valence-electron chi connectivity index (χ4n) is 3.49. The highest BCUT2D eigenvalue weighted by molar-refractivity contribution is 5.78. The summed E-state index contributed by atoms with van der Waals surface area (Å²) in [4.78, 5) is 14.5. The Morgan fingerprint density at radius 1 is 1.27 bits per heavy atom. The van der Waals surface area contributed by atoms with Crippen LogP contribution in [0.15, 0.2) is 36.7 Å². The number of rotatable bonds is 6. The van der Waals surface area contributed by atoms with Gasteiger partial charge >= 0.3 is 0 Å². The predicted octanol–water partition coefficient (Wildman–Crippen LogP) is 2.45. The molecule has 1 fully saturated rings. The zero-order chi connectivity index (χ0) is 18.5. The molecule has 0 unspecified atom stereocenters. The van der Waals surface area contributed by atoms with Gasteiger partial charge in [-0.05, 0) is 57.5 Å². The molecule has 1 saturated carbocycles. The number of hydrogen-bond acceptors (Lipinski definition) is 4. The molecule has 0 radical (unpaired) electrons. The van der Waals surface area contributed by atoms with Gasteiger partial charge in [-0.3, -0.25) is 9.48 Å². The van der Waals surface area contributed by atoms with Crippen LogP contribution in [0.3, 0.4) is 0 Å². The highest BCUT2D eigenvalue weighted by Gasteiger charge is 2.23. The van der Waals surface area contributed by atoms with Gasteiger partial charge in [0.05, 0.1) is 6.20 Å². The summed E-state index contributed by atoms with van der Waals surface area (Å²) in [5.74, 6) is 0.642. The van der Waals surface area contributed by atoms with E-state index in [0.717, 1.165) is 36.8 Å². The molecule has 0 aliphatic heterocycles. The zero-order valence-corrected chi connectivity index (χ0v) is 15.8. The minimum absolute atomic E-state index is 0.0457. The maximum atomic E-state index is 12.2.